The van der Waals surface area contributed by atoms with Crippen LogP contribution < -0.4 is 5.32 Å². The van der Waals surface area contributed by atoms with Crippen LogP contribution in [0, 0.1) is 0 Å². The van der Waals surface area contributed by atoms with Gasteiger partial charge in [-0.3, -0.25) is 0 Å². The molecule has 1 N–H and O–H groups in total. The molecule has 1 aromatic rings. The quantitative estimate of drug-likeness (QED) is 0.833. The average Bonchev–Trinajstić information content (AvgIpc) is 2.52. The Morgan fingerprint density at radius 3 is 2.94 bits per heavy atom. The Balaban J connectivity index is 2.26. The van der Waals surface area contributed by atoms with E-state index in [0.29, 0.717) is 4.90 Å². The molecule has 0 saturated carbocycles. The van der Waals surface area contributed by atoms with Gasteiger partial charge < -0.3 is 5.32 Å². The molecular weight excluding hydrogens is 234 g/mol. The highest BCUT2D eigenvalue weighted by Gasteiger charge is 2.34. The summed E-state index contributed by atoms with van der Waals surface area (Å²) in [6.45, 7) is 5.73. The number of hydrogen-bond donors (Lipinski definition) is 1. The molecule has 0 fully saturated rings. The molecule has 2 atom stereocenters. The molecule has 2 unspecified atom stereocenters. The van der Waals surface area contributed by atoms with Crippen LogP contribution in [0.5, 0.6) is 0 Å². The molecule has 0 bridgehead atoms. The first-order valence-corrected chi connectivity index (χ1v) is 7.38. The van der Waals surface area contributed by atoms with Crippen LogP contribution in [0.15, 0.2) is 41.8 Å². The third-order valence-electron chi connectivity index (χ3n) is 3.02. The van der Waals surface area contributed by atoms with Gasteiger partial charge in [0.2, 0.25) is 0 Å². The van der Waals surface area contributed by atoms with Gasteiger partial charge in [-0.15, -0.1) is 6.58 Å². The minimum Gasteiger partial charge on any atom is -0.306 e. The highest BCUT2D eigenvalue weighted by molar-refractivity contribution is 7.91. The Labute approximate surface area is 102 Å². The summed E-state index contributed by atoms with van der Waals surface area (Å²) < 4.78 is 23.9. The zero-order chi connectivity index (χ0) is 12.5. The molecule has 1 aliphatic rings. The van der Waals surface area contributed by atoms with Crippen LogP contribution in [0.1, 0.15) is 24.9 Å². The number of rotatable bonds is 4. The SMILES string of the molecule is C=CCC(C)NC1CS(=O)(=O)c2ccccc21. The molecule has 0 aliphatic carbocycles. The van der Waals surface area contributed by atoms with E-state index in [2.05, 4.69) is 11.9 Å². The van der Waals surface area contributed by atoms with E-state index in [1.807, 2.05) is 25.1 Å². The number of sulfone groups is 1. The molecule has 0 aromatic heterocycles. The Morgan fingerprint density at radius 2 is 2.24 bits per heavy atom. The molecule has 1 heterocycles. The Morgan fingerprint density at radius 1 is 1.53 bits per heavy atom. The van der Waals surface area contributed by atoms with E-state index in [1.165, 1.54) is 0 Å². The molecule has 1 aliphatic heterocycles. The van der Waals surface area contributed by atoms with Gasteiger partial charge in [0.15, 0.2) is 9.84 Å². The molecule has 0 radical (unpaired) electrons. The second kappa shape index (κ2) is 4.63. The maximum Gasteiger partial charge on any atom is 0.180 e. The number of benzene rings is 1. The first-order valence-electron chi connectivity index (χ1n) is 5.73. The van der Waals surface area contributed by atoms with Crippen LogP contribution >= 0.6 is 0 Å². The lowest BCUT2D eigenvalue weighted by Gasteiger charge is -2.18. The lowest BCUT2D eigenvalue weighted by atomic mass is 10.1. The lowest BCUT2D eigenvalue weighted by Crippen LogP contribution is -2.31. The van der Waals surface area contributed by atoms with Gasteiger partial charge in [0.1, 0.15) is 0 Å². The van der Waals surface area contributed by atoms with E-state index < -0.39 is 9.84 Å². The predicted molar refractivity (Wildman–Crippen MR) is 68.6 cm³/mol. The van der Waals surface area contributed by atoms with Crippen molar-refractivity contribution in [1.82, 2.24) is 5.32 Å². The Hall–Kier alpha value is -1.13. The van der Waals surface area contributed by atoms with Crippen LogP contribution in [-0.2, 0) is 9.84 Å². The average molecular weight is 251 g/mol. The fraction of sp³-hybridized carbons (Fsp3) is 0.385. The van der Waals surface area contributed by atoms with Crippen molar-refractivity contribution in [3.8, 4) is 0 Å². The topological polar surface area (TPSA) is 46.2 Å². The van der Waals surface area contributed by atoms with Gasteiger partial charge in [-0.05, 0) is 25.0 Å². The van der Waals surface area contributed by atoms with Crippen molar-refractivity contribution >= 4 is 9.84 Å². The highest BCUT2D eigenvalue weighted by Crippen LogP contribution is 2.33. The molecule has 0 spiro atoms. The van der Waals surface area contributed by atoms with Crippen LogP contribution in [0.4, 0.5) is 0 Å². The molecule has 17 heavy (non-hydrogen) atoms. The fourth-order valence-electron chi connectivity index (χ4n) is 2.25. The second-order valence-electron chi connectivity index (χ2n) is 4.46. The monoisotopic (exact) mass is 251 g/mol. The number of fused-ring (bicyclic) bond motifs is 1. The van der Waals surface area contributed by atoms with Crippen molar-refractivity contribution in [2.45, 2.75) is 30.3 Å². The largest absolute Gasteiger partial charge is 0.306 e. The molecular formula is C13H17NO2S. The van der Waals surface area contributed by atoms with Gasteiger partial charge in [0.05, 0.1) is 10.6 Å². The van der Waals surface area contributed by atoms with Crippen molar-refractivity contribution in [3.63, 3.8) is 0 Å². The van der Waals surface area contributed by atoms with E-state index in [1.54, 1.807) is 12.1 Å². The van der Waals surface area contributed by atoms with Crippen molar-refractivity contribution in [2.75, 3.05) is 5.75 Å². The first kappa shape index (κ1) is 12.3. The molecule has 92 valence electrons. The molecule has 1 aromatic carbocycles. The zero-order valence-electron chi connectivity index (χ0n) is 9.89. The molecule has 0 saturated heterocycles. The summed E-state index contributed by atoms with van der Waals surface area (Å²) >= 11 is 0. The fourth-order valence-corrected chi connectivity index (χ4v) is 4.00. The van der Waals surface area contributed by atoms with Crippen LogP contribution in [0.3, 0.4) is 0 Å². The van der Waals surface area contributed by atoms with Gasteiger partial charge in [-0.1, -0.05) is 24.3 Å². The molecule has 0 amide bonds. The molecule has 4 heteroatoms. The van der Waals surface area contributed by atoms with E-state index in [-0.39, 0.29) is 17.8 Å². The van der Waals surface area contributed by atoms with Crippen molar-refractivity contribution < 1.29 is 8.42 Å². The lowest BCUT2D eigenvalue weighted by molar-refractivity contribution is 0.485. The van der Waals surface area contributed by atoms with Crippen LogP contribution in [0.2, 0.25) is 0 Å². The summed E-state index contributed by atoms with van der Waals surface area (Å²) in [5, 5.41) is 3.34. The van der Waals surface area contributed by atoms with Gasteiger partial charge >= 0.3 is 0 Å². The Kier molecular flexibility index (Phi) is 3.35. The van der Waals surface area contributed by atoms with Crippen LogP contribution in [0.25, 0.3) is 0 Å². The number of hydrogen-bond acceptors (Lipinski definition) is 3. The minimum absolute atomic E-state index is 0.0915. The van der Waals surface area contributed by atoms with Crippen molar-refractivity contribution in [1.29, 1.82) is 0 Å². The van der Waals surface area contributed by atoms with E-state index in [9.17, 15) is 8.42 Å². The minimum atomic E-state index is -3.10. The maximum atomic E-state index is 11.9. The van der Waals surface area contributed by atoms with Gasteiger partial charge in [0.25, 0.3) is 0 Å². The van der Waals surface area contributed by atoms with Crippen molar-refractivity contribution in [2.24, 2.45) is 0 Å². The first-order chi connectivity index (χ1) is 8.04. The third kappa shape index (κ3) is 2.42. The summed E-state index contributed by atoms with van der Waals surface area (Å²) in [5.41, 5.74) is 0.892. The molecule has 3 nitrogen and oxygen atoms in total. The van der Waals surface area contributed by atoms with Crippen molar-refractivity contribution in [3.05, 3.63) is 42.5 Å². The standard InChI is InChI=1S/C13H17NO2S/c1-3-6-10(2)14-12-9-17(15,16)13-8-5-4-7-11(12)13/h3-5,7-8,10,12,14H,1,6,9H2,2H3. The summed E-state index contributed by atoms with van der Waals surface area (Å²) in [6.07, 6.45) is 2.67. The second-order valence-corrected chi connectivity index (χ2v) is 6.47. The van der Waals surface area contributed by atoms with Crippen LogP contribution in [-0.4, -0.2) is 20.2 Å². The Bertz CT molecular complexity index is 522. The molecule has 2 rings (SSSR count). The number of nitrogens with one attached hydrogen (secondary N) is 1. The highest BCUT2D eigenvalue weighted by atomic mass is 32.2. The summed E-state index contributed by atoms with van der Waals surface area (Å²) in [7, 11) is -3.10. The zero-order valence-corrected chi connectivity index (χ0v) is 10.7. The summed E-state index contributed by atoms with van der Waals surface area (Å²) in [4.78, 5) is 0.475. The van der Waals surface area contributed by atoms with E-state index in [4.69, 9.17) is 0 Å². The van der Waals surface area contributed by atoms with Gasteiger partial charge in [-0.25, -0.2) is 8.42 Å². The van der Waals surface area contributed by atoms with E-state index >= 15 is 0 Å². The maximum absolute atomic E-state index is 11.9. The van der Waals surface area contributed by atoms with Gasteiger partial charge in [-0.2, -0.15) is 0 Å². The summed E-state index contributed by atoms with van der Waals surface area (Å²) in [6, 6.07) is 7.37. The third-order valence-corrected chi connectivity index (χ3v) is 4.84. The van der Waals surface area contributed by atoms with E-state index in [0.717, 1.165) is 12.0 Å². The predicted octanol–water partition coefficient (Wildman–Crippen LogP) is 2.07. The van der Waals surface area contributed by atoms with Gasteiger partial charge in [0, 0.05) is 12.1 Å². The summed E-state index contributed by atoms with van der Waals surface area (Å²) in [5.74, 6) is 0.161. The smallest absolute Gasteiger partial charge is 0.180 e. The normalized spacial score (nSPS) is 23.0.